The van der Waals surface area contributed by atoms with Gasteiger partial charge in [-0.15, -0.1) is 0 Å². The summed E-state index contributed by atoms with van der Waals surface area (Å²) >= 11 is 0. The molecule has 4 nitrogen and oxygen atoms in total. The van der Waals surface area contributed by atoms with E-state index in [0.29, 0.717) is 6.42 Å². The van der Waals surface area contributed by atoms with Crippen LogP contribution in [0, 0.1) is 11.8 Å². The smallest absolute Gasteiger partial charge is 0.316 e. The Balaban J connectivity index is 2.89. The minimum Gasteiger partial charge on any atom is -0.468 e. The molecule has 104 valence electrons. The molecule has 1 aliphatic carbocycles. The second-order valence-electron chi connectivity index (χ2n) is 5.85. The molecule has 0 N–H and O–H groups in total. The molecule has 0 aromatic heterocycles. The molecule has 1 fully saturated rings. The van der Waals surface area contributed by atoms with Crippen molar-refractivity contribution in [3.63, 3.8) is 0 Å². The first-order valence-corrected chi connectivity index (χ1v) is 9.99. The van der Waals surface area contributed by atoms with Crippen LogP contribution in [0.5, 0.6) is 0 Å². The number of ketones is 1. The van der Waals surface area contributed by atoms with E-state index in [1.807, 2.05) is 6.92 Å². The summed E-state index contributed by atoms with van der Waals surface area (Å²) in [6.45, 7) is 8.38. The second-order valence-corrected chi connectivity index (χ2v) is 10.3. The third-order valence-corrected chi connectivity index (χ3v) is 4.37. The van der Waals surface area contributed by atoms with E-state index in [1.165, 1.54) is 7.11 Å². The monoisotopic (exact) mass is 272 g/mol. The van der Waals surface area contributed by atoms with E-state index in [2.05, 4.69) is 19.6 Å². The minimum absolute atomic E-state index is 0.00382. The van der Waals surface area contributed by atoms with Crippen molar-refractivity contribution in [3.8, 4) is 0 Å². The Morgan fingerprint density at radius 1 is 1.39 bits per heavy atom. The van der Waals surface area contributed by atoms with E-state index in [4.69, 9.17) is 9.16 Å². The van der Waals surface area contributed by atoms with Crippen molar-refractivity contribution in [2.24, 2.45) is 11.8 Å². The van der Waals surface area contributed by atoms with Gasteiger partial charge in [-0.3, -0.25) is 9.59 Å². The fourth-order valence-electron chi connectivity index (χ4n) is 2.64. The number of hydrogen-bond donors (Lipinski definition) is 0. The van der Waals surface area contributed by atoms with Gasteiger partial charge in [-0.05, 0) is 32.5 Å². The number of esters is 1. The molecule has 1 aliphatic rings. The molecule has 0 radical (unpaired) electrons. The maximum absolute atomic E-state index is 11.9. The average molecular weight is 272 g/mol. The van der Waals surface area contributed by atoms with Gasteiger partial charge >= 0.3 is 5.97 Å². The molecular weight excluding hydrogens is 248 g/mol. The van der Waals surface area contributed by atoms with Crippen molar-refractivity contribution >= 4 is 20.1 Å². The van der Waals surface area contributed by atoms with Crippen LogP contribution in [0.1, 0.15) is 26.2 Å². The highest BCUT2D eigenvalue weighted by Gasteiger charge is 2.44. The van der Waals surface area contributed by atoms with E-state index in [0.717, 1.165) is 12.8 Å². The molecule has 0 spiro atoms. The van der Waals surface area contributed by atoms with E-state index in [9.17, 15) is 9.59 Å². The van der Waals surface area contributed by atoms with Crippen molar-refractivity contribution in [1.29, 1.82) is 0 Å². The van der Waals surface area contributed by atoms with Gasteiger partial charge in [0.25, 0.3) is 0 Å². The van der Waals surface area contributed by atoms with Gasteiger partial charge in [0.05, 0.1) is 7.11 Å². The summed E-state index contributed by atoms with van der Waals surface area (Å²) in [7, 11) is -0.324. The van der Waals surface area contributed by atoms with Crippen LogP contribution < -0.4 is 0 Å². The van der Waals surface area contributed by atoms with Crippen LogP contribution in [0.3, 0.4) is 0 Å². The molecule has 0 aromatic rings. The van der Waals surface area contributed by atoms with E-state index in [-0.39, 0.29) is 17.8 Å². The zero-order chi connectivity index (χ0) is 13.9. The molecule has 3 atom stereocenters. The lowest BCUT2D eigenvalue weighted by molar-refractivity contribution is -0.156. The highest BCUT2D eigenvalue weighted by Crippen LogP contribution is 2.34. The summed E-state index contributed by atoms with van der Waals surface area (Å²) in [5.41, 5.74) is 0. The zero-order valence-corrected chi connectivity index (χ0v) is 13.0. The summed E-state index contributed by atoms with van der Waals surface area (Å²) < 4.78 is 10.9. The quantitative estimate of drug-likeness (QED) is 0.448. The maximum atomic E-state index is 11.9. The summed E-state index contributed by atoms with van der Waals surface area (Å²) in [4.78, 5) is 23.7. The van der Waals surface area contributed by atoms with Crippen LogP contribution in [-0.4, -0.2) is 33.3 Å². The minimum atomic E-state index is -1.66. The van der Waals surface area contributed by atoms with Crippen LogP contribution in [0.15, 0.2) is 0 Å². The summed E-state index contributed by atoms with van der Waals surface area (Å²) in [6.07, 6.45) is 1.93. The molecule has 1 saturated carbocycles. The molecule has 0 saturated heterocycles. The van der Waals surface area contributed by atoms with Crippen LogP contribution in [-0.2, 0) is 18.8 Å². The van der Waals surface area contributed by atoms with Gasteiger partial charge < -0.3 is 9.16 Å². The van der Waals surface area contributed by atoms with Gasteiger partial charge in [0.1, 0.15) is 11.7 Å². The van der Waals surface area contributed by atoms with Gasteiger partial charge in [-0.2, -0.15) is 0 Å². The fourth-order valence-corrected chi connectivity index (χ4v) is 3.84. The molecule has 18 heavy (non-hydrogen) atoms. The SMILES string of the molecule is CC[C@H]1C(O[Si](C)(C)C)CCC(=O)[C@H]1C(=O)OC. The van der Waals surface area contributed by atoms with Crippen molar-refractivity contribution in [3.05, 3.63) is 0 Å². The third-order valence-electron chi connectivity index (χ3n) is 3.36. The van der Waals surface area contributed by atoms with Gasteiger partial charge in [0, 0.05) is 18.4 Å². The molecule has 0 bridgehead atoms. The van der Waals surface area contributed by atoms with Crippen LogP contribution in [0.25, 0.3) is 0 Å². The van der Waals surface area contributed by atoms with E-state index in [1.54, 1.807) is 0 Å². The standard InChI is InChI=1S/C13H24O4Si/c1-6-9-11(17-18(3,4)5)8-7-10(14)12(9)13(15)16-2/h9,11-12H,6-8H2,1-5H3/t9-,11?,12-/m0/s1. The first kappa shape index (κ1) is 15.4. The molecule has 1 unspecified atom stereocenters. The number of Topliss-reactive ketones (excluding diaryl/α,β-unsaturated/α-hetero) is 1. The lowest BCUT2D eigenvalue weighted by Crippen LogP contribution is -2.47. The molecule has 1 rings (SSSR count). The normalized spacial score (nSPS) is 29.2. The van der Waals surface area contributed by atoms with Crippen molar-refractivity contribution in [2.75, 3.05) is 7.11 Å². The van der Waals surface area contributed by atoms with Crippen molar-refractivity contribution < 1.29 is 18.8 Å². The van der Waals surface area contributed by atoms with Crippen molar-refractivity contribution in [1.82, 2.24) is 0 Å². The van der Waals surface area contributed by atoms with Crippen LogP contribution >= 0.6 is 0 Å². The predicted octanol–water partition coefficient (Wildman–Crippen LogP) is 2.38. The lowest BCUT2D eigenvalue weighted by atomic mass is 9.75. The van der Waals surface area contributed by atoms with E-state index >= 15 is 0 Å². The molecule has 0 aromatic carbocycles. The number of carbonyl (C=O) groups excluding carboxylic acids is 2. The van der Waals surface area contributed by atoms with Crippen molar-refractivity contribution in [2.45, 2.75) is 51.9 Å². The maximum Gasteiger partial charge on any atom is 0.316 e. The highest BCUT2D eigenvalue weighted by atomic mass is 28.4. The Morgan fingerprint density at radius 2 is 2.00 bits per heavy atom. The van der Waals surface area contributed by atoms with Crippen LogP contribution in [0.2, 0.25) is 19.6 Å². The topological polar surface area (TPSA) is 52.6 Å². The summed E-state index contributed by atoms with van der Waals surface area (Å²) in [5, 5.41) is 0. The van der Waals surface area contributed by atoms with Gasteiger partial charge in [0.2, 0.25) is 0 Å². The van der Waals surface area contributed by atoms with Gasteiger partial charge in [-0.25, -0.2) is 0 Å². The third kappa shape index (κ3) is 3.65. The largest absolute Gasteiger partial charge is 0.468 e. The second kappa shape index (κ2) is 5.97. The molecular formula is C13H24O4Si. The highest BCUT2D eigenvalue weighted by molar-refractivity contribution is 6.69. The first-order valence-electron chi connectivity index (χ1n) is 6.58. The summed E-state index contributed by atoms with van der Waals surface area (Å²) in [5.74, 6) is -1.07. The first-order chi connectivity index (χ1) is 8.30. The Hall–Kier alpha value is -0.683. The Kier molecular flexibility index (Phi) is 5.10. The Bertz CT molecular complexity index is 313. The predicted molar refractivity (Wildman–Crippen MR) is 71.7 cm³/mol. The lowest BCUT2D eigenvalue weighted by Gasteiger charge is -2.38. The number of ether oxygens (including phenoxy) is 1. The zero-order valence-electron chi connectivity index (χ0n) is 12.0. The van der Waals surface area contributed by atoms with Gasteiger partial charge in [0.15, 0.2) is 8.32 Å². The van der Waals surface area contributed by atoms with Gasteiger partial charge in [-0.1, -0.05) is 6.92 Å². The Labute approximate surface area is 110 Å². The van der Waals surface area contributed by atoms with E-state index < -0.39 is 20.2 Å². The molecule has 0 amide bonds. The summed E-state index contributed by atoms with van der Waals surface area (Å²) in [6, 6.07) is 0. The molecule has 5 heteroatoms. The molecule has 0 heterocycles. The number of rotatable bonds is 4. The number of hydrogen-bond acceptors (Lipinski definition) is 4. The fraction of sp³-hybridized carbons (Fsp3) is 0.846. The molecule has 0 aliphatic heterocycles. The number of methoxy groups -OCH3 is 1. The number of carbonyl (C=O) groups is 2. The Morgan fingerprint density at radius 3 is 2.44 bits per heavy atom. The average Bonchev–Trinajstić information content (AvgIpc) is 2.28. The van der Waals surface area contributed by atoms with Crippen LogP contribution in [0.4, 0.5) is 0 Å².